The molecule has 2 nitrogen and oxygen atoms in total. The first-order valence-electron chi connectivity index (χ1n) is 4.38. The lowest BCUT2D eigenvalue weighted by molar-refractivity contribution is 0.353. The first kappa shape index (κ1) is 8.85. The van der Waals surface area contributed by atoms with E-state index in [1.807, 2.05) is 18.2 Å². The minimum atomic E-state index is 0.425. The molecule has 70 valence electrons. The fourth-order valence-electron chi connectivity index (χ4n) is 1.53. The Morgan fingerprint density at radius 1 is 1.54 bits per heavy atom. The summed E-state index contributed by atoms with van der Waals surface area (Å²) >= 11 is 5.92. The minimum absolute atomic E-state index is 0.425. The molecule has 13 heavy (non-hydrogen) atoms. The van der Waals surface area contributed by atoms with Gasteiger partial charge in [-0.25, -0.2) is 0 Å². The van der Waals surface area contributed by atoms with E-state index in [2.05, 4.69) is 5.32 Å². The normalized spacial score (nSPS) is 20.9. The number of methoxy groups -OCH3 is 1. The summed E-state index contributed by atoms with van der Waals surface area (Å²) < 4.78 is 5.26. The topological polar surface area (TPSA) is 21.3 Å². The van der Waals surface area contributed by atoms with E-state index in [-0.39, 0.29) is 0 Å². The third-order valence-electron chi connectivity index (χ3n) is 2.39. The molecular weight excluding hydrogens is 186 g/mol. The van der Waals surface area contributed by atoms with Gasteiger partial charge in [0.15, 0.2) is 0 Å². The van der Waals surface area contributed by atoms with Gasteiger partial charge in [0.05, 0.1) is 7.11 Å². The fourth-order valence-corrected chi connectivity index (χ4v) is 1.71. The van der Waals surface area contributed by atoms with Crippen LogP contribution >= 0.6 is 11.6 Å². The molecule has 1 aromatic rings. The lowest BCUT2D eigenvalue weighted by atomic mass is 9.97. The second kappa shape index (κ2) is 3.56. The second-order valence-electron chi connectivity index (χ2n) is 3.18. The SMILES string of the molecule is COc1ccc(Cl)cc1[C@@H]1CCN1. The lowest BCUT2D eigenvalue weighted by Gasteiger charge is -2.29. The number of benzene rings is 1. The van der Waals surface area contributed by atoms with E-state index in [4.69, 9.17) is 16.3 Å². The lowest BCUT2D eigenvalue weighted by Crippen LogP contribution is -2.35. The summed E-state index contributed by atoms with van der Waals surface area (Å²) in [5, 5.41) is 4.09. The monoisotopic (exact) mass is 197 g/mol. The summed E-state index contributed by atoms with van der Waals surface area (Å²) in [6, 6.07) is 6.16. The van der Waals surface area contributed by atoms with Gasteiger partial charge < -0.3 is 10.1 Å². The quantitative estimate of drug-likeness (QED) is 0.786. The van der Waals surface area contributed by atoms with E-state index >= 15 is 0 Å². The number of halogens is 1. The van der Waals surface area contributed by atoms with E-state index in [0.29, 0.717) is 6.04 Å². The van der Waals surface area contributed by atoms with Gasteiger partial charge in [-0.2, -0.15) is 0 Å². The Bertz CT molecular complexity index is 310. The fraction of sp³-hybridized carbons (Fsp3) is 0.400. The van der Waals surface area contributed by atoms with E-state index < -0.39 is 0 Å². The molecule has 0 aromatic heterocycles. The molecule has 0 saturated carbocycles. The maximum atomic E-state index is 5.92. The van der Waals surface area contributed by atoms with Crippen molar-refractivity contribution in [3.05, 3.63) is 28.8 Å². The molecule has 1 heterocycles. The van der Waals surface area contributed by atoms with Gasteiger partial charge in [-0.15, -0.1) is 0 Å². The van der Waals surface area contributed by atoms with Gasteiger partial charge in [-0.1, -0.05) is 11.6 Å². The van der Waals surface area contributed by atoms with Crippen LogP contribution in [0, 0.1) is 0 Å². The van der Waals surface area contributed by atoms with Crippen LogP contribution in [0.25, 0.3) is 0 Å². The van der Waals surface area contributed by atoms with Crippen molar-refractivity contribution >= 4 is 11.6 Å². The smallest absolute Gasteiger partial charge is 0.123 e. The number of rotatable bonds is 2. The zero-order chi connectivity index (χ0) is 9.26. The highest BCUT2D eigenvalue weighted by atomic mass is 35.5. The summed E-state index contributed by atoms with van der Waals surface area (Å²) in [7, 11) is 1.69. The van der Waals surface area contributed by atoms with Crippen LogP contribution in [0.3, 0.4) is 0 Å². The summed E-state index contributed by atoms with van der Waals surface area (Å²) in [6.07, 6.45) is 1.16. The highest BCUT2D eigenvalue weighted by molar-refractivity contribution is 6.30. The first-order chi connectivity index (χ1) is 6.31. The van der Waals surface area contributed by atoms with Gasteiger partial charge in [0.2, 0.25) is 0 Å². The minimum Gasteiger partial charge on any atom is -0.496 e. The molecule has 0 bridgehead atoms. The van der Waals surface area contributed by atoms with Gasteiger partial charge >= 0.3 is 0 Å². The second-order valence-corrected chi connectivity index (χ2v) is 3.62. The number of hydrogen-bond acceptors (Lipinski definition) is 2. The Morgan fingerprint density at radius 3 is 2.85 bits per heavy atom. The van der Waals surface area contributed by atoms with Crippen molar-refractivity contribution in [2.75, 3.05) is 13.7 Å². The molecule has 0 aliphatic carbocycles. The highest BCUT2D eigenvalue weighted by Crippen LogP contribution is 2.32. The van der Waals surface area contributed by atoms with E-state index in [1.54, 1.807) is 7.11 Å². The van der Waals surface area contributed by atoms with Crippen LogP contribution in [0.5, 0.6) is 5.75 Å². The molecule has 1 fully saturated rings. The van der Waals surface area contributed by atoms with Gasteiger partial charge in [0.1, 0.15) is 5.75 Å². The summed E-state index contributed by atoms with van der Waals surface area (Å²) in [6.45, 7) is 1.08. The molecule has 0 radical (unpaired) electrons. The molecule has 1 aliphatic heterocycles. The van der Waals surface area contributed by atoms with Crippen molar-refractivity contribution in [1.82, 2.24) is 5.32 Å². The molecule has 0 spiro atoms. The molecule has 2 rings (SSSR count). The Morgan fingerprint density at radius 2 is 2.31 bits per heavy atom. The van der Waals surface area contributed by atoms with Crippen molar-refractivity contribution in [3.63, 3.8) is 0 Å². The summed E-state index contributed by atoms with van der Waals surface area (Å²) in [4.78, 5) is 0. The number of hydrogen-bond donors (Lipinski definition) is 1. The van der Waals surface area contributed by atoms with Crippen molar-refractivity contribution < 1.29 is 4.74 Å². The van der Waals surface area contributed by atoms with Gasteiger partial charge in [-0.05, 0) is 31.2 Å². The predicted molar refractivity (Wildman–Crippen MR) is 53.4 cm³/mol. The molecule has 1 atom stereocenters. The van der Waals surface area contributed by atoms with Crippen molar-refractivity contribution in [2.24, 2.45) is 0 Å². The van der Waals surface area contributed by atoms with E-state index in [1.165, 1.54) is 5.56 Å². The Kier molecular flexibility index (Phi) is 2.42. The van der Waals surface area contributed by atoms with Gasteiger partial charge in [0, 0.05) is 16.6 Å². The average molecular weight is 198 g/mol. The van der Waals surface area contributed by atoms with Gasteiger partial charge in [0.25, 0.3) is 0 Å². The Hall–Kier alpha value is -0.730. The van der Waals surface area contributed by atoms with Crippen LogP contribution in [0.1, 0.15) is 18.0 Å². The van der Waals surface area contributed by atoms with Crippen LogP contribution in [0.2, 0.25) is 5.02 Å². The molecule has 0 unspecified atom stereocenters. The standard InChI is InChI=1S/C10H12ClNO/c1-13-10-3-2-7(11)6-8(10)9-4-5-12-9/h2-3,6,9,12H,4-5H2,1H3/t9-/m0/s1. The summed E-state index contributed by atoms with van der Waals surface area (Å²) in [5.74, 6) is 0.918. The zero-order valence-corrected chi connectivity index (χ0v) is 8.27. The van der Waals surface area contributed by atoms with E-state index in [9.17, 15) is 0 Å². The van der Waals surface area contributed by atoms with Crippen LogP contribution < -0.4 is 10.1 Å². The van der Waals surface area contributed by atoms with Gasteiger partial charge in [-0.3, -0.25) is 0 Å². The van der Waals surface area contributed by atoms with Crippen LogP contribution in [0.15, 0.2) is 18.2 Å². The van der Waals surface area contributed by atoms with Crippen molar-refractivity contribution in [1.29, 1.82) is 0 Å². The molecule has 1 aromatic carbocycles. The Balaban J connectivity index is 2.33. The largest absolute Gasteiger partial charge is 0.496 e. The summed E-state index contributed by atoms with van der Waals surface area (Å²) in [5.41, 5.74) is 1.17. The third kappa shape index (κ3) is 1.64. The van der Waals surface area contributed by atoms with Crippen LogP contribution in [-0.4, -0.2) is 13.7 Å². The molecule has 1 saturated heterocycles. The van der Waals surface area contributed by atoms with E-state index in [0.717, 1.165) is 23.7 Å². The molecule has 1 aliphatic rings. The van der Waals surface area contributed by atoms with Crippen LogP contribution in [-0.2, 0) is 0 Å². The molecule has 3 heteroatoms. The highest BCUT2D eigenvalue weighted by Gasteiger charge is 2.21. The maximum Gasteiger partial charge on any atom is 0.123 e. The molecule has 1 N–H and O–H groups in total. The van der Waals surface area contributed by atoms with Crippen LogP contribution in [0.4, 0.5) is 0 Å². The number of ether oxygens (including phenoxy) is 1. The van der Waals surface area contributed by atoms with Crippen molar-refractivity contribution in [2.45, 2.75) is 12.5 Å². The number of nitrogens with one attached hydrogen (secondary N) is 1. The predicted octanol–water partition coefficient (Wildman–Crippen LogP) is 2.38. The average Bonchev–Trinajstić information content (AvgIpc) is 2.02. The maximum absolute atomic E-state index is 5.92. The first-order valence-corrected chi connectivity index (χ1v) is 4.76. The molecule has 0 amide bonds. The molecular formula is C10H12ClNO. The van der Waals surface area contributed by atoms with Crippen molar-refractivity contribution in [3.8, 4) is 5.75 Å². The third-order valence-corrected chi connectivity index (χ3v) is 2.63. The zero-order valence-electron chi connectivity index (χ0n) is 7.51. The Labute approximate surface area is 82.9 Å².